The maximum atomic E-state index is 12.4. The summed E-state index contributed by atoms with van der Waals surface area (Å²) < 4.78 is 1.15. The zero-order valence-corrected chi connectivity index (χ0v) is 11.9. The van der Waals surface area contributed by atoms with Crippen molar-refractivity contribution in [1.29, 1.82) is 0 Å². The summed E-state index contributed by atoms with van der Waals surface area (Å²) in [6.07, 6.45) is 4.98. The summed E-state index contributed by atoms with van der Waals surface area (Å²) in [5, 5.41) is 0. The van der Waals surface area contributed by atoms with E-state index in [-0.39, 0.29) is 5.91 Å². The molecule has 0 saturated heterocycles. The quantitative estimate of drug-likeness (QED) is 0.757. The van der Waals surface area contributed by atoms with E-state index >= 15 is 0 Å². The summed E-state index contributed by atoms with van der Waals surface area (Å²) in [5.41, 5.74) is 2.16. The van der Waals surface area contributed by atoms with Gasteiger partial charge in [-0.3, -0.25) is 4.79 Å². The van der Waals surface area contributed by atoms with Gasteiger partial charge in [-0.2, -0.15) is 0 Å². The third kappa shape index (κ3) is 2.21. The predicted molar refractivity (Wildman–Crippen MR) is 76.1 cm³/mol. The molecule has 0 aromatic heterocycles. The highest BCUT2D eigenvalue weighted by Crippen LogP contribution is 2.29. The second-order valence-corrected chi connectivity index (χ2v) is 6.35. The number of fused-ring (bicyclic) bond motifs is 1. The lowest BCUT2D eigenvalue weighted by Gasteiger charge is -2.35. The van der Waals surface area contributed by atoms with Crippen LogP contribution in [0.15, 0.2) is 18.2 Å². The van der Waals surface area contributed by atoms with Crippen molar-refractivity contribution in [3.8, 4) is 0 Å². The van der Waals surface area contributed by atoms with Crippen molar-refractivity contribution in [3.05, 3.63) is 32.9 Å². The molecule has 0 spiro atoms. The van der Waals surface area contributed by atoms with Crippen LogP contribution < -0.4 is 0 Å². The van der Waals surface area contributed by atoms with Crippen LogP contribution in [0.3, 0.4) is 0 Å². The van der Waals surface area contributed by atoms with Crippen molar-refractivity contribution in [2.24, 2.45) is 5.92 Å². The second kappa shape index (κ2) is 4.59. The molecule has 1 heterocycles. The Morgan fingerprint density at radius 2 is 2.18 bits per heavy atom. The van der Waals surface area contributed by atoms with Gasteiger partial charge in [-0.1, -0.05) is 12.5 Å². The number of rotatable bonds is 2. The number of halogens is 1. The van der Waals surface area contributed by atoms with Crippen molar-refractivity contribution in [2.75, 3.05) is 13.1 Å². The van der Waals surface area contributed by atoms with E-state index in [9.17, 15) is 4.79 Å². The van der Waals surface area contributed by atoms with Crippen LogP contribution in [-0.4, -0.2) is 23.9 Å². The molecule has 0 atom stereocenters. The van der Waals surface area contributed by atoms with E-state index in [4.69, 9.17) is 0 Å². The lowest BCUT2D eigenvalue weighted by molar-refractivity contribution is 0.0678. The molecule has 1 saturated carbocycles. The van der Waals surface area contributed by atoms with Gasteiger partial charge < -0.3 is 4.90 Å². The van der Waals surface area contributed by atoms with Gasteiger partial charge in [-0.25, -0.2) is 0 Å². The summed E-state index contributed by atoms with van der Waals surface area (Å²) in [6.45, 7) is 1.88. The zero-order valence-electron chi connectivity index (χ0n) is 9.79. The van der Waals surface area contributed by atoms with Crippen LogP contribution in [0.4, 0.5) is 0 Å². The van der Waals surface area contributed by atoms with E-state index in [0.717, 1.165) is 34.6 Å². The number of carbonyl (C=O) groups excluding carboxylic acids is 1. The minimum absolute atomic E-state index is 0.247. The molecule has 0 N–H and O–H groups in total. The molecule has 17 heavy (non-hydrogen) atoms. The van der Waals surface area contributed by atoms with Crippen molar-refractivity contribution in [3.63, 3.8) is 0 Å². The number of hydrogen-bond donors (Lipinski definition) is 0. The van der Waals surface area contributed by atoms with Crippen LogP contribution in [-0.2, 0) is 6.42 Å². The molecule has 1 aromatic carbocycles. The Bertz CT molecular complexity index is 454. The van der Waals surface area contributed by atoms with Crippen molar-refractivity contribution in [1.82, 2.24) is 4.90 Å². The van der Waals surface area contributed by atoms with Crippen LogP contribution in [0, 0.1) is 9.49 Å². The lowest BCUT2D eigenvalue weighted by atomic mass is 9.84. The fourth-order valence-corrected chi connectivity index (χ4v) is 3.15. The average Bonchev–Trinajstić information content (AvgIpc) is 2.27. The molecule has 3 rings (SSSR count). The monoisotopic (exact) mass is 341 g/mol. The third-order valence-electron chi connectivity index (χ3n) is 3.94. The van der Waals surface area contributed by atoms with Gasteiger partial charge in [0.25, 0.3) is 5.91 Å². The Hall–Kier alpha value is -0.580. The first-order chi connectivity index (χ1) is 8.24. The summed E-state index contributed by atoms with van der Waals surface area (Å²) >= 11 is 2.28. The largest absolute Gasteiger partial charge is 0.338 e. The van der Waals surface area contributed by atoms with Gasteiger partial charge >= 0.3 is 0 Å². The lowest BCUT2D eigenvalue weighted by Crippen LogP contribution is -2.41. The molecule has 2 nitrogen and oxygen atoms in total. The molecule has 1 aliphatic carbocycles. The molecule has 3 heteroatoms. The molecule has 1 aliphatic heterocycles. The summed E-state index contributed by atoms with van der Waals surface area (Å²) in [7, 11) is 0. The van der Waals surface area contributed by atoms with Gasteiger partial charge in [0.2, 0.25) is 0 Å². The molecule has 0 unspecified atom stereocenters. The predicted octanol–water partition coefficient (Wildman–Crippen LogP) is 3.09. The molecule has 90 valence electrons. The Morgan fingerprint density at radius 1 is 1.35 bits per heavy atom. The summed E-state index contributed by atoms with van der Waals surface area (Å²) in [6, 6.07) is 6.23. The van der Waals surface area contributed by atoms with E-state index in [2.05, 4.69) is 39.6 Å². The average molecular weight is 341 g/mol. The van der Waals surface area contributed by atoms with Crippen LogP contribution in [0.5, 0.6) is 0 Å². The summed E-state index contributed by atoms with van der Waals surface area (Å²) in [5.74, 6) is 1.01. The van der Waals surface area contributed by atoms with Crippen molar-refractivity contribution in [2.45, 2.75) is 25.7 Å². The maximum absolute atomic E-state index is 12.4. The number of nitrogens with zero attached hydrogens (tertiary/aromatic N) is 1. The highest BCUT2D eigenvalue weighted by molar-refractivity contribution is 14.1. The highest BCUT2D eigenvalue weighted by atomic mass is 127. The van der Waals surface area contributed by atoms with Crippen LogP contribution in [0.1, 0.15) is 35.2 Å². The molecular formula is C14H16INO. The van der Waals surface area contributed by atoms with E-state index < -0.39 is 0 Å². The van der Waals surface area contributed by atoms with Gasteiger partial charge in [0.1, 0.15) is 0 Å². The van der Waals surface area contributed by atoms with Crippen LogP contribution >= 0.6 is 22.6 Å². The fourth-order valence-electron chi connectivity index (χ4n) is 2.65. The van der Waals surface area contributed by atoms with E-state index in [1.165, 1.54) is 24.8 Å². The highest BCUT2D eigenvalue weighted by Gasteiger charge is 2.28. The number of benzene rings is 1. The molecule has 1 aromatic rings. The SMILES string of the molecule is O=C1c2cc(I)ccc2CCN1CC1CCC1. The number of hydrogen-bond acceptors (Lipinski definition) is 1. The molecule has 1 amide bonds. The molecule has 0 bridgehead atoms. The second-order valence-electron chi connectivity index (χ2n) is 5.10. The number of carbonyl (C=O) groups is 1. The van der Waals surface area contributed by atoms with Crippen molar-refractivity contribution < 1.29 is 4.79 Å². The Morgan fingerprint density at radius 3 is 2.88 bits per heavy atom. The first kappa shape index (κ1) is 11.5. The zero-order chi connectivity index (χ0) is 11.8. The number of amides is 1. The topological polar surface area (TPSA) is 20.3 Å². The molecular weight excluding hydrogens is 325 g/mol. The standard InChI is InChI=1S/C14H16INO/c15-12-5-4-11-6-7-16(9-10-2-1-3-10)14(17)13(11)8-12/h4-5,8,10H,1-3,6-7,9H2. The maximum Gasteiger partial charge on any atom is 0.254 e. The Balaban J connectivity index is 1.81. The van der Waals surface area contributed by atoms with Gasteiger partial charge in [-0.05, 0) is 65.5 Å². The van der Waals surface area contributed by atoms with Gasteiger partial charge in [0.05, 0.1) is 0 Å². The fraction of sp³-hybridized carbons (Fsp3) is 0.500. The van der Waals surface area contributed by atoms with E-state index in [0.29, 0.717) is 0 Å². The summed E-state index contributed by atoms with van der Waals surface area (Å²) in [4.78, 5) is 14.4. The normalized spacial score (nSPS) is 20.1. The van der Waals surface area contributed by atoms with Gasteiger partial charge in [0.15, 0.2) is 0 Å². The van der Waals surface area contributed by atoms with Gasteiger partial charge in [0, 0.05) is 22.2 Å². The first-order valence-electron chi connectivity index (χ1n) is 6.32. The molecule has 0 radical (unpaired) electrons. The molecule has 1 fully saturated rings. The van der Waals surface area contributed by atoms with E-state index in [1.807, 2.05) is 6.07 Å². The smallest absolute Gasteiger partial charge is 0.254 e. The van der Waals surface area contributed by atoms with Gasteiger partial charge in [-0.15, -0.1) is 0 Å². The van der Waals surface area contributed by atoms with E-state index in [1.54, 1.807) is 0 Å². The third-order valence-corrected chi connectivity index (χ3v) is 4.61. The van der Waals surface area contributed by atoms with Crippen molar-refractivity contribution >= 4 is 28.5 Å². The van der Waals surface area contributed by atoms with Crippen LogP contribution in [0.25, 0.3) is 0 Å². The Kier molecular flexibility index (Phi) is 3.11. The Labute approximate surface area is 116 Å². The minimum atomic E-state index is 0.247. The van der Waals surface area contributed by atoms with Crippen LogP contribution in [0.2, 0.25) is 0 Å². The first-order valence-corrected chi connectivity index (χ1v) is 7.39. The molecule has 2 aliphatic rings. The minimum Gasteiger partial charge on any atom is -0.338 e.